The van der Waals surface area contributed by atoms with Gasteiger partial charge in [-0.15, -0.1) is 0 Å². The molecule has 2 rings (SSSR count). The molecule has 0 spiro atoms. The van der Waals surface area contributed by atoms with Crippen LogP contribution in [0, 0.1) is 11.3 Å². The van der Waals surface area contributed by atoms with E-state index >= 15 is 0 Å². The molecule has 0 aliphatic rings. The number of anilines is 1. The number of quaternary nitrogens is 1. The van der Waals surface area contributed by atoms with Gasteiger partial charge in [0.2, 0.25) is 0 Å². The summed E-state index contributed by atoms with van der Waals surface area (Å²) in [6, 6.07) is 16.4. The van der Waals surface area contributed by atoms with Gasteiger partial charge in [0, 0.05) is 16.3 Å². The average molecular weight is 301 g/mol. The summed E-state index contributed by atoms with van der Waals surface area (Å²) in [7, 11) is 0. The summed E-state index contributed by atoms with van der Waals surface area (Å²) < 4.78 is 0. The predicted molar refractivity (Wildman–Crippen MR) is 81.7 cm³/mol. The van der Waals surface area contributed by atoms with Crippen LogP contribution in [0.25, 0.3) is 0 Å². The van der Waals surface area contributed by atoms with Crippen molar-refractivity contribution in [1.29, 1.82) is 5.26 Å². The maximum atomic E-state index is 11.8. The van der Waals surface area contributed by atoms with Gasteiger partial charge in [-0.05, 0) is 30.3 Å². The second kappa shape index (κ2) is 7.44. The topological polar surface area (TPSA) is 69.5 Å². The maximum Gasteiger partial charge on any atom is 0.279 e. The zero-order chi connectivity index (χ0) is 15.1. The molecule has 0 bridgehead atoms. The molecule has 5 heteroatoms. The van der Waals surface area contributed by atoms with E-state index in [-0.39, 0.29) is 5.91 Å². The van der Waals surface area contributed by atoms with Crippen LogP contribution in [0.15, 0.2) is 48.5 Å². The van der Waals surface area contributed by atoms with Crippen molar-refractivity contribution in [3.05, 3.63) is 64.7 Å². The summed E-state index contributed by atoms with van der Waals surface area (Å²) in [4.78, 5) is 11.8. The van der Waals surface area contributed by atoms with E-state index in [1.54, 1.807) is 24.3 Å². The van der Waals surface area contributed by atoms with Crippen LogP contribution in [-0.4, -0.2) is 12.5 Å². The number of nitrogens with one attached hydrogen (secondary N) is 1. The zero-order valence-corrected chi connectivity index (χ0v) is 12.1. The molecule has 0 aliphatic carbocycles. The van der Waals surface area contributed by atoms with Gasteiger partial charge in [-0.2, -0.15) is 5.26 Å². The Balaban J connectivity index is 1.80. The monoisotopic (exact) mass is 300 g/mol. The molecular weight excluding hydrogens is 286 g/mol. The second-order valence-corrected chi connectivity index (χ2v) is 4.93. The van der Waals surface area contributed by atoms with Crippen LogP contribution in [0.3, 0.4) is 0 Å². The number of benzene rings is 2. The van der Waals surface area contributed by atoms with E-state index in [1.165, 1.54) is 0 Å². The number of nitrogens with zero attached hydrogens (tertiary/aromatic N) is 1. The first-order chi connectivity index (χ1) is 10.2. The lowest BCUT2D eigenvalue weighted by molar-refractivity contribution is -0.659. The second-order valence-electron chi connectivity index (χ2n) is 4.53. The fourth-order valence-electron chi connectivity index (χ4n) is 1.86. The molecule has 0 heterocycles. The third-order valence-electron chi connectivity index (χ3n) is 2.95. The van der Waals surface area contributed by atoms with Gasteiger partial charge in [0.25, 0.3) is 5.91 Å². The van der Waals surface area contributed by atoms with E-state index in [0.29, 0.717) is 29.4 Å². The Morgan fingerprint density at radius 2 is 1.90 bits per heavy atom. The number of halogens is 1. The number of carbonyl (C=O) groups is 1. The lowest BCUT2D eigenvalue weighted by Crippen LogP contribution is -2.84. The van der Waals surface area contributed by atoms with Crippen molar-refractivity contribution in [3.8, 4) is 6.07 Å². The molecule has 0 aromatic heterocycles. The Bertz CT molecular complexity index is 662. The highest BCUT2D eigenvalue weighted by atomic mass is 35.5. The Labute approximate surface area is 128 Å². The highest BCUT2D eigenvalue weighted by molar-refractivity contribution is 6.31. The smallest absolute Gasteiger partial charge is 0.279 e. The molecule has 0 saturated heterocycles. The van der Waals surface area contributed by atoms with Crippen LogP contribution in [0.5, 0.6) is 0 Å². The third-order valence-corrected chi connectivity index (χ3v) is 3.32. The lowest BCUT2D eigenvalue weighted by atomic mass is 10.2. The average Bonchev–Trinajstić information content (AvgIpc) is 2.50. The van der Waals surface area contributed by atoms with E-state index in [0.717, 1.165) is 5.56 Å². The predicted octanol–water partition coefficient (Wildman–Crippen LogP) is 1.91. The summed E-state index contributed by atoms with van der Waals surface area (Å²) in [6.07, 6.45) is 0. The molecule has 1 amide bonds. The fourth-order valence-corrected chi connectivity index (χ4v) is 2.08. The van der Waals surface area contributed by atoms with Crippen molar-refractivity contribution in [2.45, 2.75) is 6.54 Å². The summed E-state index contributed by atoms with van der Waals surface area (Å²) in [5.74, 6) is -0.0910. The zero-order valence-electron chi connectivity index (χ0n) is 11.3. The molecule has 0 fully saturated rings. The van der Waals surface area contributed by atoms with E-state index < -0.39 is 0 Å². The molecule has 0 unspecified atom stereocenters. The minimum absolute atomic E-state index is 0.0910. The molecule has 0 saturated carbocycles. The first-order valence-corrected chi connectivity index (χ1v) is 6.92. The molecule has 0 radical (unpaired) electrons. The molecule has 0 atom stereocenters. The Hall–Kier alpha value is -2.35. The fraction of sp³-hybridized carbons (Fsp3) is 0.125. The molecule has 2 aromatic rings. The van der Waals surface area contributed by atoms with E-state index in [2.05, 4.69) is 5.32 Å². The number of nitrogens with two attached hydrogens (primary N) is 1. The van der Waals surface area contributed by atoms with Crippen molar-refractivity contribution >= 4 is 23.2 Å². The molecule has 106 valence electrons. The van der Waals surface area contributed by atoms with Gasteiger partial charge < -0.3 is 10.6 Å². The van der Waals surface area contributed by atoms with E-state index in [1.807, 2.05) is 35.7 Å². The van der Waals surface area contributed by atoms with Gasteiger partial charge in [0.05, 0.1) is 11.6 Å². The number of amides is 1. The molecule has 2 aromatic carbocycles. The molecule has 0 aliphatic heterocycles. The minimum atomic E-state index is -0.0910. The molecule has 21 heavy (non-hydrogen) atoms. The van der Waals surface area contributed by atoms with Gasteiger partial charge in [-0.1, -0.05) is 29.8 Å². The quantitative estimate of drug-likeness (QED) is 0.885. The molecular formula is C16H15ClN3O+. The van der Waals surface area contributed by atoms with Crippen LogP contribution in [0.4, 0.5) is 5.69 Å². The van der Waals surface area contributed by atoms with Crippen LogP contribution in [-0.2, 0) is 11.3 Å². The van der Waals surface area contributed by atoms with Gasteiger partial charge in [0.1, 0.15) is 6.54 Å². The molecule has 3 N–H and O–H groups in total. The van der Waals surface area contributed by atoms with Gasteiger partial charge in [-0.3, -0.25) is 4.79 Å². The summed E-state index contributed by atoms with van der Waals surface area (Å²) in [5.41, 5.74) is 2.26. The normalized spacial score (nSPS) is 9.90. The molecule has 4 nitrogen and oxygen atoms in total. The lowest BCUT2D eigenvalue weighted by Gasteiger charge is -2.05. The number of hydrogen-bond donors (Lipinski definition) is 2. The first-order valence-electron chi connectivity index (χ1n) is 6.54. The van der Waals surface area contributed by atoms with Crippen LogP contribution in [0.2, 0.25) is 5.02 Å². The van der Waals surface area contributed by atoms with Gasteiger partial charge in [-0.25, -0.2) is 0 Å². The van der Waals surface area contributed by atoms with Crippen molar-refractivity contribution in [2.75, 3.05) is 11.9 Å². The Morgan fingerprint density at radius 1 is 1.19 bits per heavy atom. The highest BCUT2D eigenvalue weighted by Crippen LogP contribution is 2.13. The number of carbonyl (C=O) groups excluding carboxylic acids is 1. The van der Waals surface area contributed by atoms with Crippen molar-refractivity contribution in [1.82, 2.24) is 0 Å². The summed E-state index contributed by atoms with van der Waals surface area (Å²) in [6.45, 7) is 0.964. The van der Waals surface area contributed by atoms with E-state index in [4.69, 9.17) is 16.9 Å². The van der Waals surface area contributed by atoms with E-state index in [9.17, 15) is 4.79 Å². The highest BCUT2D eigenvalue weighted by Gasteiger charge is 2.06. The number of hydrogen-bond acceptors (Lipinski definition) is 2. The van der Waals surface area contributed by atoms with Crippen molar-refractivity contribution in [3.63, 3.8) is 0 Å². The summed E-state index contributed by atoms with van der Waals surface area (Å²) >= 11 is 6.05. The van der Waals surface area contributed by atoms with Crippen molar-refractivity contribution in [2.24, 2.45) is 0 Å². The SMILES string of the molecule is N#Cc1ccc(NC(=O)C[NH2+]Cc2ccccc2Cl)cc1. The van der Waals surface area contributed by atoms with Crippen LogP contribution < -0.4 is 10.6 Å². The Kier molecular flexibility index (Phi) is 5.33. The van der Waals surface area contributed by atoms with Gasteiger partial charge >= 0.3 is 0 Å². The van der Waals surface area contributed by atoms with Gasteiger partial charge in [0.15, 0.2) is 6.54 Å². The first kappa shape index (κ1) is 15.0. The number of rotatable bonds is 5. The van der Waals surface area contributed by atoms with Crippen molar-refractivity contribution < 1.29 is 10.1 Å². The third kappa shape index (κ3) is 4.60. The maximum absolute atomic E-state index is 11.8. The minimum Gasteiger partial charge on any atom is -0.335 e. The standard InChI is InChI=1S/C16H14ClN3O/c17-15-4-2-1-3-13(15)10-19-11-16(21)20-14-7-5-12(9-18)6-8-14/h1-8,19H,10-11H2,(H,20,21)/p+1. The number of nitriles is 1. The Morgan fingerprint density at radius 3 is 2.57 bits per heavy atom. The largest absolute Gasteiger partial charge is 0.335 e. The summed E-state index contributed by atoms with van der Waals surface area (Å²) in [5, 5.41) is 14.1. The van der Waals surface area contributed by atoms with Crippen LogP contribution >= 0.6 is 11.6 Å². The van der Waals surface area contributed by atoms with Crippen LogP contribution in [0.1, 0.15) is 11.1 Å².